The summed E-state index contributed by atoms with van der Waals surface area (Å²) < 4.78 is 21.7. The highest BCUT2D eigenvalue weighted by atomic mass is 32.2. The third-order valence-electron chi connectivity index (χ3n) is 5.14. The number of nitrogens with one attached hydrogen (secondary N) is 1. The van der Waals surface area contributed by atoms with E-state index in [1.54, 1.807) is 12.1 Å². The van der Waals surface area contributed by atoms with E-state index in [0.717, 1.165) is 23.9 Å². The minimum absolute atomic E-state index is 0.0334. The molecule has 6 nitrogen and oxygen atoms in total. The van der Waals surface area contributed by atoms with Crippen molar-refractivity contribution in [2.45, 2.75) is 70.1 Å². The lowest BCUT2D eigenvalue weighted by Crippen LogP contribution is -2.41. The number of amides is 1. The van der Waals surface area contributed by atoms with Gasteiger partial charge in [0, 0.05) is 24.8 Å². The van der Waals surface area contributed by atoms with E-state index in [1.807, 2.05) is 24.5 Å². The normalized spacial score (nSPS) is 18.5. The van der Waals surface area contributed by atoms with Crippen LogP contribution in [0.2, 0.25) is 0 Å². The summed E-state index contributed by atoms with van der Waals surface area (Å²) in [7, 11) is 0. The van der Waals surface area contributed by atoms with E-state index in [0.29, 0.717) is 36.8 Å². The van der Waals surface area contributed by atoms with Crippen LogP contribution in [0.15, 0.2) is 29.4 Å². The summed E-state index contributed by atoms with van der Waals surface area (Å²) in [6, 6.07) is 6.76. The van der Waals surface area contributed by atoms with Gasteiger partial charge in [-0.05, 0) is 44.2 Å². The van der Waals surface area contributed by atoms with Crippen molar-refractivity contribution in [3.8, 4) is 0 Å². The summed E-state index contributed by atoms with van der Waals surface area (Å²) in [5.41, 5.74) is 0.368. The first kappa shape index (κ1) is 22.7. The molecule has 3 rings (SSSR count). The Morgan fingerprint density at radius 3 is 2.83 bits per heavy atom. The highest BCUT2D eigenvalue weighted by Gasteiger charge is 2.32. The molecule has 164 valence electrons. The van der Waals surface area contributed by atoms with Crippen LogP contribution in [0, 0.1) is 17.7 Å². The molecule has 1 saturated heterocycles. The van der Waals surface area contributed by atoms with E-state index >= 15 is 0 Å². The Labute approximate surface area is 182 Å². The largest absolute Gasteiger partial charge is 0.376 e. The average molecular weight is 435 g/mol. The number of carbonyl (C=O) groups excluding carboxylic acids is 1. The molecule has 0 radical (unpaired) electrons. The molecule has 0 bridgehead atoms. The number of nitrogens with zero attached hydrogens (tertiary/aromatic N) is 3. The molecule has 1 aromatic carbocycles. The Morgan fingerprint density at radius 1 is 1.37 bits per heavy atom. The number of aromatic nitrogens is 3. The molecule has 1 amide bonds. The average Bonchev–Trinajstić information content (AvgIpc) is 3.05. The lowest BCUT2D eigenvalue weighted by molar-refractivity contribution is -0.135. The van der Waals surface area contributed by atoms with Gasteiger partial charge in [0.2, 0.25) is 5.91 Å². The van der Waals surface area contributed by atoms with Crippen LogP contribution < -0.4 is 5.32 Å². The molecular formula is C22H31FN4O2S. The van der Waals surface area contributed by atoms with Crippen LogP contribution in [-0.4, -0.2) is 32.9 Å². The molecule has 1 fully saturated rings. The monoisotopic (exact) mass is 434 g/mol. The predicted octanol–water partition coefficient (Wildman–Crippen LogP) is 4.19. The van der Waals surface area contributed by atoms with Gasteiger partial charge in [0.05, 0.1) is 12.1 Å². The number of hydrogen-bond donors (Lipinski definition) is 1. The lowest BCUT2D eigenvalue weighted by atomic mass is 9.88. The van der Waals surface area contributed by atoms with E-state index in [2.05, 4.69) is 29.4 Å². The van der Waals surface area contributed by atoms with Crippen molar-refractivity contribution < 1.29 is 13.9 Å². The van der Waals surface area contributed by atoms with Crippen LogP contribution >= 0.6 is 11.8 Å². The summed E-state index contributed by atoms with van der Waals surface area (Å²) in [5, 5.41) is 12.4. The second kappa shape index (κ2) is 9.92. The Morgan fingerprint density at radius 2 is 2.13 bits per heavy atom. The first-order valence-corrected chi connectivity index (χ1v) is 11.4. The summed E-state index contributed by atoms with van der Waals surface area (Å²) in [6.07, 6.45) is 1.44. The van der Waals surface area contributed by atoms with Crippen LogP contribution in [-0.2, 0) is 28.4 Å². The molecule has 8 heteroatoms. The van der Waals surface area contributed by atoms with E-state index in [1.165, 1.54) is 17.8 Å². The fourth-order valence-corrected chi connectivity index (χ4v) is 4.58. The first-order valence-electron chi connectivity index (χ1n) is 10.4. The molecule has 0 aliphatic carbocycles. The van der Waals surface area contributed by atoms with Crippen molar-refractivity contribution in [2.24, 2.45) is 11.8 Å². The van der Waals surface area contributed by atoms with Gasteiger partial charge in [-0.1, -0.05) is 43.8 Å². The van der Waals surface area contributed by atoms with Crippen LogP contribution in [0.4, 0.5) is 4.39 Å². The van der Waals surface area contributed by atoms with Crippen molar-refractivity contribution in [2.75, 3.05) is 6.61 Å². The maximum absolute atomic E-state index is 13.9. The zero-order valence-corrected chi connectivity index (χ0v) is 19.0. The van der Waals surface area contributed by atoms with Crippen LogP contribution in [0.3, 0.4) is 0 Å². The van der Waals surface area contributed by atoms with E-state index in [9.17, 15) is 9.18 Å². The van der Waals surface area contributed by atoms with Crippen molar-refractivity contribution >= 4 is 17.7 Å². The van der Waals surface area contributed by atoms with Gasteiger partial charge in [0.15, 0.2) is 11.0 Å². The number of rotatable bonds is 8. The SMILES string of the molecule is CC(C)Cn1c(CNC(=O)[C@@H]2CCOC(C)(C)C2)nnc1SCc1ccccc1F. The smallest absolute Gasteiger partial charge is 0.223 e. The van der Waals surface area contributed by atoms with Crippen LogP contribution in [0.25, 0.3) is 0 Å². The summed E-state index contributed by atoms with van der Waals surface area (Å²) >= 11 is 1.46. The second-order valence-corrected chi connectivity index (χ2v) is 9.74. The maximum Gasteiger partial charge on any atom is 0.223 e. The van der Waals surface area contributed by atoms with Gasteiger partial charge in [-0.2, -0.15) is 0 Å². The third-order valence-corrected chi connectivity index (χ3v) is 6.16. The quantitative estimate of drug-likeness (QED) is 0.631. The molecular weight excluding hydrogens is 403 g/mol. The Hall–Kier alpha value is -1.93. The third kappa shape index (κ3) is 6.04. The van der Waals surface area contributed by atoms with Gasteiger partial charge in [-0.15, -0.1) is 10.2 Å². The van der Waals surface area contributed by atoms with Crippen molar-refractivity contribution in [1.29, 1.82) is 0 Å². The minimum Gasteiger partial charge on any atom is -0.376 e. The number of ether oxygens (including phenoxy) is 1. The molecule has 1 N–H and O–H groups in total. The highest BCUT2D eigenvalue weighted by Crippen LogP contribution is 2.29. The fourth-order valence-electron chi connectivity index (χ4n) is 3.63. The molecule has 1 aliphatic rings. The first-order chi connectivity index (χ1) is 14.2. The number of halogens is 1. The predicted molar refractivity (Wildman–Crippen MR) is 115 cm³/mol. The number of carbonyl (C=O) groups is 1. The van der Waals surface area contributed by atoms with E-state index in [-0.39, 0.29) is 23.2 Å². The number of hydrogen-bond acceptors (Lipinski definition) is 5. The molecule has 0 unspecified atom stereocenters. The van der Waals surface area contributed by atoms with Crippen molar-refractivity contribution in [3.05, 3.63) is 41.5 Å². The second-order valence-electron chi connectivity index (χ2n) is 8.80. The molecule has 1 aromatic heterocycles. The minimum atomic E-state index is -0.269. The van der Waals surface area contributed by atoms with Crippen LogP contribution in [0.5, 0.6) is 0 Å². The molecule has 0 spiro atoms. The van der Waals surface area contributed by atoms with E-state index in [4.69, 9.17) is 4.74 Å². The Bertz CT molecular complexity index is 869. The topological polar surface area (TPSA) is 69.0 Å². The van der Waals surface area contributed by atoms with Gasteiger partial charge < -0.3 is 14.6 Å². The molecule has 1 atom stereocenters. The zero-order chi connectivity index (χ0) is 21.7. The number of benzene rings is 1. The van der Waals surface area contributed by atoms with Gasteiger partial charge in [-0.3, -0.25) is 4.79 Å². The highest BCUT2D eigenvalue weighted by molar-refractivity contribution is 7.98. The molecule has 2 heterocycles. The molecule has 1 aliphatic heterocycles. The van der Waals surface area contributed by atoms with Crippen LogP contribution in [0.1, 0.15) is 51.9 Å². The standard InChI is InChI=1S/C22H31FN4O2S/c1-15(2)13-27-19(12-24-20(28)16-9-10-29-22(3,4)11-16)25-26-21(27)30-14-17-7-5-6-8-18(17)23/h5-8,15-16H,9-14H2,1-4H3,(H,24,28)/t16-/m1/s1. The van der Waals surface area contributed by atoms with Gasteiger partial charge in [-0.25, -0.2) is 4.39 Å². The Kier molecular flexibility index (Phi) is 7.52. The van der Waals surface area contributed by atoms with Crippen molar-refractivity contribution in [3.63, 3.8) is 0 Å². The van der Waals surface area contributed by atoms with Gasteiger partial charge in [0.1, 0.15) is 5.82 Å². The van der Waals surface area contributed by atoms with Gasteiger partial charge in [0.25, 0.3) is 0 Å². The zero-order valence-electron chi connectivity index (χ0n) is 18.2. The van der Waals surface area contributed by atoms with Gasteiger partial charge >= 0.3 is 0 Å². The van der Waals surface area contributed by atoms with E-state index < -0.39 is 0 Å². The maximum atomic E-state index is 13.9. The Balaban J connectivity index is 1.65. The molecule has 30 heavy (non-hydrogen) atoms. The number of thioether (sulfide) groups is 1. The lowest BCUT2D eigenvalue weighted by Gasteiger charge is -2.34. The fraction of sp³-hybridized carbons (Fsp3) is 0.591. The summed E-state index contributed by atoms with van der Waals surface area (Å²) in [6.45, 7) is 9.95. The summed E-state index contributed by atoms with van der Waals surface area (Å²) in [5.74, 6) is 1.36. The van der Waals surface area contributed by atoms with Crippen molar-refractivity contribution in [1.82, 2.24) is 20.1 Å². The summed E-state index contributed by atoms with van der Waals surface area (Å²) in [4.78, 5) is 12.7. The molecule has 0 saturated carbocycles. The molecule has 2 aromatic rings.